The number of rotatable bonds is 15. The lowest BCUT2D eigenvalue weighted by molar-refractivity contribution is -0.146. The van der Waals surface area contributed by atoms with Crippen LogP contribution in [0.2, 0.25) is 0 Å². The molecule has 0 spiro atoms. The van der Waals surface area contributed by atoms with Gasteiger partial charge in [-0.25, -0.2) is 4.79 Å². The van der Waals surface area contributed by atoms with Gasteiger partial charge in [-0.3, -0.25) is 19.2 Å². The van der Waals surface area contributed by atoms with Crippen molar-refractivity contribution in [1.29, 1.82) is 0 Å². The van der Waals surface area contributed by atoms with Crippen molar-refractivity contribution in [3.8, 4) is 0 Å². The van der Waals surface area contributed by atoms with E-state index in [0.29, 0.717) is 84.1 Å². The van der Waals surface area contributed by atoms with Gasteiger partial charge in [-0.2, -0.15) is 0 Å². The van der Waals surface area contributed by atoms with Crippen molar-refractivity contribution in [2.45, 2.75) is 110 Å². The summed E-state index contributed by atoms with van der Waals surface area (Å²) >= 11 is 0. The Bertz CT molecular complexity index is 1850. The van der Waals surface area contributed by atoms with E-state index in [-0.39, 0.29) is 30.2 Å². The number of nitrogens with zero attached hydrogens (tertiary/aromatic N) is 2. The van der Waals surface area contributed by atoms with Crippen LogP contribution in [0.15, 0.2) is 72.8 Å². The number of amides is 5. The summed E-state index contributed by atoms with van der Waals surface area (Å²) in [5.74, 6) is -0.360. The molecule has 2 aliphatic heterocycles. The van der Waals surface area contributed by atoms with Gasteiger partial charge in [-0.15, -0.1) is 0 Å². The van der Waals surface area contributed by atoms with Crippen LogP contribution in [0.5, 0.6) is 0 Å². The lowest BCUT2D eigenvalue weighted by Gasteiger charge is -2.43. The van der Waals surface area contributed by atoms with Crippen LogP contribution in [0.4, 0.5) is 4.79 Å². The standard InChI is InChI=1S/C46H63N5O6/c1-6-47-42(55)46(32-34-16-9-7-10-17-34)23-15-27-51(33-46)40(53)38(31-35-21-22-36-18-12-13-19-37(36)30-35)49-41(54)45(5)24-28-50(29-25-45)39(52)20-11-8-14-26-48-43(56)57-44(2,3)4/h7,9-10,12-13,16-19,21-22,30,38H,6,8,11,14-15,20,23-29,31-33H2,1-5H3,(H,47,55)(H,48,56)(H,49,54)/t38-,46-/m0/s1. The van der Waals surface area contributed by atoms with Gasteiger partial charge in [0.2, 0.25) is 23.6 Å². The number of likely N-dealkylation sites (tertiary alicyclic amines) is 2. The van der Waals surface area contributed by atoms with Crippen LogP contribution in [-0.2, 0) is 36.8 Å². The van der Waals surface area contributed by atoms with Crippen LogP contribution in [0.1, 0.15) is 97.1 Å². The van der Waals surface area contributed by atoms with Crippen molar-refractivity contribution in [3.63, 3.8) is 0 Å². The zero-order chi connectivity index (χ0) is 41.1. The summed E-state index contributed by atoms with van der Waals surface area (Å²) in [5, 5.41) is 11.2. The van der Waals surface area contributed by atoms with Crippen molar-refractivity contribution in [1.82, 2.24) is 25.8 Å². The number of hydrogen-bond acceptors (Lipinski definition) is 6. The molecule has 2 fully saturated rings. The third kappa shape index (κ3) is 12.0. The predicted octanol–water partition coefficient (Wildman–Crippen LogP) is 6.57. The molecule has 0 aliphatic carbocycles. The molecule has 308 valence electrons. The lowest BCUT2D eigenvalue weighted by atomic mass is 9.74. The number of fused-ring (bicyclic) bond motifs is 1. The third-order valence-corrected chi connectivity index (χ3v) is 11.5. The minimum atomic E-state index is -0.832. The second kappa shape index (κ2) is 19.5. The molecule has 0 radical (unpaired) electrons. The summed E-state index contributed by atoms with van der Waals surface area (Å²) in [4.78, 5) is 71.4. The summed E-state index contributed by atoms with van der Waals surface area (Å²) in [6, 6.07) is 23.3. The van der Waals surface area contributed by atoms with Crippen LogP contribution in [0.25, 0.3) is 10.8 Å². The van der Waals surface area contributed by atoms with E-state index in [1.807, 2.05) is 100 Å². The maximum absolute atomic E-state index is 14.7. The summed E-state index contributed by atoms with van der Waals surface area (Å²) < 4.78 is 5.27. The molecule has 2 atom stereocenters. The van der Waals surface area contributed by atoms with Gasteiger partial charge in [0.25, 0.3) is 0 Å². The predicted molar refractivity (Wildman–Crippen MR) is 223 cm³/mol. The van der Waals surface area contributed by atoms with E-state index < -0.39 is 28.6 Å². The molecule has 0 saturated carbocycles. The van der Waals surface area contributed by atoms with E-state index in [0.717, 1.165) is 34.7 Å². The molecule has 3 aromatic rings. The quantitative estimate of drug-likeness (QED) is 0.149. The highest BCUT2D eigenvalue weighted by molar-refractivity contribution is 5.92. The highest BCUT2D eigenvalue weighted by atomic mass is 16.6. The van der Waals surface area contributed by atoms with Crippen LogP contribution >= 0.6 is 0 Å². The zero-order valence-electron chi connectivity index (χ0n) is 34.7. The number of nitrogens with one attached hydrogen (secondary N) is 3. The lowest BCUT2D eigenvalue weighted by Crippen LogP contribution is -2.59. The summed E-state index contributed by atoms with van der Waals surface area (Å²) in [6.07, 6.45) is 5.39. The molecule has 11 nitrogen and oxygen atoms in total. The molecule has 2 aliphatic rings. The first-order chi connectivity index (χ1) is 27.2. The average Bonchev–Trinajstić information content (AvgIpc) is 3.18. The average molecular weight is 782 g/mol. The van der Waals surface area contributed by atoms with Crippen molar-refractivity contribution in [3.05, 3.63) is 83.9 Å². The fourth-order valence-corrected chi connectivity index (χ4v) is 8.14. The van der Waals surface area contributed by atoms with Gasteiger partial charge in [0, 0.05) is 57.5 Å². The first-order valence-electron chi connectivity index (χ1n) is 20.8. The zero-order valence-corrected chi connectivity index (χ0v) is 34.7. The van der Waals surface area contributed by atoms with Gasteiger partial charge in [0.15, 0.2) is 0 Å². The van der Waals surface area contributed by atoms with E-state index in [2.05, 4.69) is 28.1 Å². The maximum Gasteiger partial charge on any atom is 0.407 e. The second-order valence-electron chi connectivity index (χ2n) is 17.3. The molecule has 5 amide bonds. The minimum absolute atomic E-state index is 0.0505. The molecule has 57 heavy (non-hydrogen) atoms. The Balaban J connectivity index is 1.23. The highest BCUT2D eigenvalue weighted by Gasteiger charge is 2.45. The summed E-state index contributed by atoms with van der Waals surface area (Å²) in [7, 11) is 0. The molecule has 0 unspecified atom stereocenters. The number of carbonyl (C=O) groups excluding carboxylic acids is 5. The first kappa shape index (κ1) is 43.2. The smallest absolute Gasteiger partial charge is 0.407 e. The molecular formula is C46H63N5O6. The Labute approximate surface area is 338 Å². The Morgan fingerprint density at radius 3 is 2.18 bits per heavy atom. The Morgan fingerprint density at radius 2 is 1.47 bits per heavy atom. The second-order valence-corrected chi connectivity index (χ2v) is 17.3. The van der Waals surface area contributed by atoms with Crippen LogP contribution in [0.3, 0.4) is 0 Å². The molecule has 3 aromatic carbocycles. The number of carbonyl (C=O) groups is 5. The van der Waals surface area contributed by atoms with Gasteiger partial charge in [-0.05, 0) is 94.5 Å². The number of benzene rings is 3. The van der Waals surface area contributed by atoms with Gasteiger partial charge in [-0.1, -0.05) is 86.1 Å². The van der Waals surface area contributed by atoms with E-state index in [1.54, 1.807) is 4.90 Å². The largest absolute Gasteiger partial charge is 0.444 e. The fraction of sp³-hybridized carbons (Fsp3) is 0.543. The van der Waals surface area contributed by atoms with Gasteiger partial charge < -0.3 is 30.5 Å². The molecule has 0 aromatic heterocycles. The van der Waals surface area contributed by atoms with Gasteiger partial charge in [0.1, 0.15) is 11.6 Å². The van der Waals surface area contributed by atoms with Crippen LogP contribution in [0, 0.1) is 10.8 Å². The normalized spacial score (nSPS) is 18.7. The number of piperidine rings is 2. The summed E-state index contributed by atoms with van der Waals surface area (Å²) in [5.41, 5.74) is -0.104. The monoisotopic (exact) mass is 781 g/mol. The Kier molecular flexibility index (Phi) is 14.8. The number of hydrogen-bond donors (Lipinski definition) is 3. The minimum Gasteiger partial charge on any atom is -0.444 e. The molecule has 2 heterocycles. The molecule has 2 saturated heterocycles. The molecular weight excluding hydrogens is 719 g/mol. The van der Waals surface area contributed by atoms with E-state index in [9.17, 15) is 24.0 Å². The van der Waals surface area contributed by atoms with E-state index >= 15 is 0 Å². The molecule has 0 bridgehead atoms. The maximum atomic E-state index is 14.7. The summed E-state index contributed by atoms with van der Waals surface area (Å²) in [6.45, 7) is 12.0. The van der Waals surface area contributed by atoms with E-state index in [4.69, 9.17) is 4.74 Å². The van der Waals surface area contributed by atoms with E-state index in [1.165, 1.54) is 0 Å². The SMILES string of the molecule is CCNC(=O)[C@]1(Cc2ccccc2)CCCN(C(=O)[C@H](Cc2ccc3ccccc3c2)NC(=O)C2(C)CCN(C(=O)CCCCCNC(=O)OC(C)(C)C)CC2)C1. The van der Waals surface area contributed by atoms with Crippen LogP contribution in [-0.4, -0.2) is 90.4 Å². The molecule has 11 heteroatoms. The Morgan fingerprint density at radius 1 is 0.772 bits per heavy atom. The number of ether oxygens (including phenoxy) is 1. The fourth-order valence-electron chi connectivity index (χ4n) is 8.14. The van der Waals surface area contributed by atoms with Crippen molar-refractivity contribution < 1.29 is 28.7 Å². The van der Waals surface area contributed by atoms with Gasteiger partial charge >= 0.3 is 6.09 Å². The topological polar surface area (TPSA) is 137 Å². The van der Waals surface area contributed by atoms with Crippen molar-refractivity contribution in [2.75, 3.05) is 39.3 Å². The first-order valence-corrected chi connectivity index (χ1v) is 20.8. The van der Waals surface area contributed by atoms with Crippen molar-refractivity contribution >= 4 is 40.5 Å². The molecule has 5 rings (SSSR count). The highest BCUT2D eigenvalue weighted by Crippen LogP contribution is 2.36. The van der Waals surface area contributed by atoms with Gasteiger partial charge in [0.05, 0.1) is 5.41 Å². The van der Waals surface area contributed by atoms with Crippen molar-refractivity contribution in [2.24, 2.45) is 10.8 Å². The number of alkyl carbamates (subject to hydrolysis) is 1. The Hall–Kier alpha value is -4.93. The molecule has 3 N–H and O–H groups in total. The van der Waals surface area contributed by atoms with Crippen LogP contribution < -0.4 is 16.0 Å². The number of unbranched alkanes of at least 4 members (excludes halogenated alkanes) is 2. The third-order valence-electron chi connectivity index (χ3n) is 11.5.